The van der Waals surface area contributed by atoms with Crippen molar-refractivity contribution in [1.82, 2.24) is 19.9 Å². The summed E-state index contributed by atoms with van der Waals surface area (Å²) in [6.07, 6.45) is 6.22. The van der Waals surface area contributed by atoms with Crippen LogP contribution in [0.2, 0.25) is 0 Å². The number of aryl methyl sites for hydroxylation is 1. The van der Waals surface area contributed by atoms with E-state index in [1.54, 1.807) is 18.7 Å². The first-order chi connectivity index (χ1) is 11.7. The lowest BCUT2D eigenvalue weighted by atomic mass is 10.0. The Balaban J connectivity index is 1.62. The van der Waals surface area contributed by atoms with E-state index in [0.717, 1.165) is 23.4 Å². The fraction of sp³-hybridized carbons (Fsp3) is 0.444. The van der Waals surface area contributed by atoms with E-state index in [9.17, 15) is 4.79 Å². The maximum Gasteiger partial charge on any atom is 0.227 e. The van der Waals surface area contributed by atoms with Crippen molar-refractivity contribution < 1.29 is 9.53 Å². The van der Waals surface area contributed by atoms with Gasteiger partial charge in [0.1, 0.15) is 6.33 Å². The van der Waals surface area contributed by atoms with Crippen LogP contribution in [0.4, 0.5) is 0 Å². The maximum absolute atomic E-state index is 12.6. The largest absolute Gasteiger partial charge is 0.379 e. The minimum absolute atomic E-state index is 0.123. The van der Waals surface area contributed by atoms with Crippen molar-refractivity contribution in [3.05, 3.63) is 53.9 Å². The zero-order chi connectivity index (χ0) is 16.8. The van der Waals surface area contributed by atoms with Crippen molar-refractivity contribution in [2.75, 3.05) is 26.3 Å². The predicted octanol–water partition coefficient (Wildman–Crippen LogP) is 1.44. The first-order valence-corrected chi connectivity index (χ1v) is 8.22. The molecule has 3 rings (SSSR count). The van der Waals surface area contributed by atoms with E-state index in [1.807, 2.05) is 30.0 Å². The van der Waals surface area contributed by atoms with Crippen LogP contribution in [-0.4, -0.2) is 52.1 Å². The number of pyridine rings is 1. The van der Waals surface area contributed by atoms with Crippen LogP contribution in [0, 0.1) is 12.8 Å². The Morgan fingerprint density at radius 3 is 3.12 bits per heavy atom. The van der Waals surface area contributed by atoms with Crippen LogP contribution in [0.15, 0.2) is 36.9 Å². The number of hydrogen-bond acceptors (Lipinski definition) is 5. The number of ether oxygens (including phenoxy) is 1. The molecule has 6 heteroatoms. The van der Waals surface area contributed by atoms with Gasteiger partial charge in [0.2, 0.25) is 5.91 Å². The van der Waals surface area contributed by atoms with Crippen LogP contribution in [0.3, 0.4) is 0 Å². The van der Waals surface area contributed by atoms with Crippen LogP contribution in [-0.2, 0) is 22.4 Å². The molecule has 0 aromatic carbocycles. The summed E-state index contributed by atoms with van der Waals surface area (Å²) in [6, 6.07) is 5.78. The van der Waals surface area contributed by atoms with Crippen molar-refractivity contribution in [2.45, 2.75) is 19.8 Å². The summed E-state index contributed by atoms with van der Waals surface area (Å²) in [5, 5.41) is 0. The summed E-state index contributed by atoms with van der Waals surface area (Å²) >= 11 is 0. The number of carbonyl (C=O) groups excluding carboxylic acids is 1. The molecule has 1 saturated heterocycles. The van der Waals surface area contributed by atoms with E-state index in [0.29, 0.717) is 32.7 Å². The summed E-state index contributed by atoms with van der Waals surface area (Å²) in [4.78, 5) is 27.0. The molecule has 0 aliphatic carbocycles. The van der Waals surface area contributed by atoms with E-state index in [1.165, 1.54) is 0 Å². The van der Waals surface area contributed by atoms with Gasteiger partial charge in [-0.25, -0.2) is 9.97 Å². The van der Waals surface area contributed by atoms with Gasteiger partial charge in [0.25, 0.3) is 0 Å². The molecule has 1 atom stereocenters. The van der Waals surface area contributed by atoms with Gasteiger partial charge in [-0.15, -0.1) is 0 Å². The first-order valence-electron chi connectivity index (χ1n) is 8.22. The van der Waals surface area contributed by atoms with Crippen molar-refractivity contribution in [3.63, 3.8) is 0 Å². The molecule has 1 amide bonds. The quantitative estimate of drug-likeness (QED) is 0.850. The van der Waals surface area contributed by atoms with E-state index in [2.05, 4.69) is 15.0 Å². The summed E-state index contributed by atoms with van der Waals surface area (Å²) in [5.74, 6) is 0.372. The van der Waals surface area contributed by atoms with Crippen molar-refractivity contribution >= 4 is 5.91 Å². The summed E-state index contributed by atoms with van der Waals surface area (Å²) in [7, 11) is 0. The Morgan fingerprint density at radius 2 is 2.33 bits per heavy atom. The van der Waals surface area contributed by atoms with Gasteiger partial charge < -0.3 is 9.64 Å². The number of aromatic nitrogens is 3. The SMILES string of the molecule is Cc1cc(C[C@@H]2COCCN(C(=O)Cc3cccnc3)C2)ncn1. The molecule has 3 heterocycles. The second-order valence-corrected chi connectivity index (χ2v) is 6.17. The molecule has 0 N–H and O–H groups in total. The van der Waals surface area contributed by atoms with Gasteiger partial charge in [-0.05, 0) is 31.0 Å². The van der Waals surface area contributed by atoms with Crippen LogP contribution >= 0.6 is 0 Å². The minimum Gasteiger partial charge on any atom is -0.379 e. The van der Waals surface area contributed by atoms with Crippen molar-refractivity contribution in [1.29, 1.82) is 0 Å². The summed E-state index contributed by atoms with van der Waals surface area (Å²) in [5.41, 5.74) is 2.90. The molecule has 0 radical (unpaired) electrons. The minimum atomic E-state index is 0.123. The molecular weight excluding hydrogens is 304 g/mol. The van der Waals surface area contributed by atoms with E-state index < -0.39 is 0 Å². The molecule has 24 heavy (non-hydrogen) atoms. The van der Waals surface area contributed by atoms with Gasteiger partial charge in [0.05, 0.1) is 19.6 Å². The molecule has 0 spiro atoms. The van der Waals surface area contributed by atoms with Gasteiger partial charge in [-0.3, -0.25) is 9.78 Å². The van der Waals surface area contributed by atoms with Gasteiger partial charge >= 0.3 is 0 Å². The van der Waals surface area contributed by atoms with Crippen LogP contribution in [0.25, 0.3) is 0 Å². The van der Waals surface area contributed by atoms with Gasteiger partial charge in [0.15, 0.2) is 0 Å². The highest BCUT2D eigenvalue weighted by Gasteiger charge is 2.23. The number of amides is 1. The second kappa shape index (κ2) is 7.97. The molecule has 0 unspecified atom stereocenters. The van der Waals surface area contributed by atoms with Crippen LogP contribution in [0.1, 0.15) is 17.0 Å². The van der Waals surface area contributed by atoms with Gasteiger partial charge in [0, 0.05) is 42.8 Å². The zero-order valence-electron chi connectivity index (χ0n) is 13.9. The van der Waals surface area contributed by atoms with Gasteiger partial charge in [-0.1, -0.05) is 6.07 Å². The third-order valence-corrected chi connectivity index (χ3v) is 4.13. The maximum atomic E-state index is 12.6. The average Bonchev–Trinajstić information content (AvgIpc) is 2.81. The molecular formula is C18H22N4O2. The third kappa shape index (κ3) is 4.58. The number of rotatable bonds is 4. The Labute approximate surface area is 141 Å². The lowest BCUT2D eigenvalue weighted by Gasteiger charge is -2.23. The smallest absolute Gasteiger partial charge is 0.227 e. The number of nitrogens with zero attached hydrogens (tertiary/aromatic N) is 4. The number of hydrogen-bond donors (Lipinski definition) is 0. The van der Waals surface area contributed by atoms with Crippen molar-refractivity contribution in [3.8, 4) is 0 Å². The summed E-state index contributed by atoms with van der Waals surface area (Å²) in [6.45, 7) is 4.52. The van der Waals surface area contributed by atoms with Crippen LogP contribution in [0.5, 0.6) is 0 Å². The zero-order valence-corrected chi connectivity index (χ0v) is 13.9. The standard InChI is InChI=1S/C18H22N4O2/c1-14-7-17(21-13-20-14)8-16-11-22(5-6-24-12-16)18(23)9-15-3-2-4-19-10-15/h2-4,7,10,13,16H,5-6,8-9,11-12H2,1H3/t16-/m0/s1. The first kappa shape index (κ1) is 16.5. The normalized spacial score (nSPS) is 18.2. The fourth-order valence-electron chi connectivity index (χ4n) is 2.94. The van der Waals surface area contributed by atoms with E-state index in [4.69, 9.17) is 4.74 Å². The molecule has 126 valence electrons. The highest BCUT2D eigenvalue weighted by Crippen LogP contribution is 2.14. The average molecular weight is 326 g/mol. The highest BCUT2D eigenvalue weighted by atomic mass is 16.5. The molecule has 2 aromatic rings. The lowest BCUT2D eigenvalue weighted by Crippen LogP contribution is -2.37. The number of carbonyl (C=O) groups is 1. The van der Waals surface area contributed by atoms with Crippen molar-refractivity contribution in [2.24, 2.45) is 5.92 Å². The Bertz CT molecular complexity index is 678. The molecule has 0 saturated carbocycles. The van der Waals surface area contributed by atoms with E-state index >= 15 is 0 Å². The Hall–Kier alpha value is -2.34. The highest BCUT2D eigenvalue weighted by molar-refractivity contribution is 5.78. The monoisotopic (exact) mass is 326 g/mol. The Morgan fingerprint density at radius 1 is 1.42 bits per heavy atom. The fourth-order valence-corrected chi connectivity index (χ4v) is 2.94. The molecule has 6 nitrogen and oxygen atoms in total. The summed E-state index contributed by atoms with van der Waals surface area (Å²) < 4.78 is 5.69. The predicted molar refractivity (Wildman–Crippen MR) is 89.3 cm³/mol. The van der Waals surface area contributed by atoms with E-state index in [-0.39, 0.29) is 11.8 Å². The molecule has 2 aromatic heterocycles. The van der Waals surface area contributed by atoms with Crippen LogP contribution < -0.4 is 0 Å². The molecule has 0 bridgehead atoms. The molecule has 1 aliphatic heterocycles. The lowest BCUT2D eigenvalue weighted by molar-refractivity contribution is -0.130. The Kier molecular flexibility index (Phi) is 5.48. The molecule has 1 fully saturated rings. The van der Waals surface area contributed by atoms with Gasteiger partial charge in [-0.2, -0.15) is 0 Å². The third-order valence-electron chi connectivity index (χ3n) is 4.13. The second-order valence-electron chi connectivity index (χ2n) is 6.17. The topological polar surface area (TPSA) is 68.2 Å². The molecule has 1 aliphatic rings.